The first-order chi connectivity index (χ1) is 15.4. The molecule has 3 aliphatic rings. The van der Waals surface area contributed by atoms with Gasteiger partial charge in [0, 0.05) is 17.4 Å². The van der Waals surface area contributed by atoms with Crippen LogP contribution in [0.15, 0.2) is 35.5 Å². The summed E-state index contributed by atoms with van der Waals surface area (Å²) in [4.78, 5) is 17.3. The molecule has 3 aliphatic heterocycles. The molecule has 9 nitrogen and oxygen atoms in total. The number of carbonyl (C=O) groups excluding carboxylic acids is 1. The zero-order valence-electron chi connectivity index (χ0n) is 17.9. The highest BCUT2D eigenvalue weighted by Gasteiger charge is 2.71. The first-order valence-corrected chi connectivity index (χ1v) is 10.3. The van der Waals surface area contributed by atoms with Gasteiger partial charge in [-0.1, -0.05) is 0 Å². The van der Waals surface area contributed by atoms with Gasteiger partial charge in [0.1, 0.15) is 30.0 Å². The quantitative estimate of drug-likeness (QED) is 0.720. The maximum absolute atomic E-state index is 12.6. The Morgan fingerprint density at radius 3 is 2.61 bits per heavy atom. The Morgan fingerprint density at radius 2 is 2.00 bits per heavy atom. The average Bonchev–Trinajstić information content (AvgIpc) is 3.27. The number of aliphatic imine (C=N–C) groups is 1. The third kappa shape index (κ3) is 3.23. The standard InChI is InChI=1S/C21H22F3N5O4/c1-18(2)19(9-31-10-19)20(11-32-17(25)27-20)13-7-12(3-4-15(13)33-18)26-16(30)14-5-6-29(28-14)8-21(22,23)24/h3-7H,8-11H2,1-2H3,(H2,25,27)(H,26,30). The number of benzene rings is 1. The highest BCUT2D eigenvalue weighted by Crippen LogP contribution is 2.62. The van der Waals surface area contributed by atoms with Gasteiger partial charge >= 0.3 is 6.18 Å². The predicted molar refractivity (Wildman–Crippen MR) is 110 cm³/mol. The fourth-order valence-corrected chi connectivity index (χ4v) is 4.80. The zero-order chi connectivity index (χ0) is 23.6. The molecular formula is C21H22F3N5O4. The number of fused-ring (bicyclic) bond motifs is 3. The van der Waals surface area contributed by atoms with Gasteiger partial charge in [0.05, 0.1) is 18.6 Å². The number of ether oxygens (including phenoxy) is 3. The van der Waals surface area contributed by atoms with Gasteiger partial charge < -0.3 is 25.3 Å². The van der Waals surface area contributed by atoms with Crippen molar-refractivity contribution in [2.24, 2.45) is 16.1 Å². The first kappa shape index (κ1) is 21.6. The number of carbonyl (C=O) groups is 1. The van der Waals surface area contributed by atoms with Gasteiger partial charge in [-0.15, -0.1) is 0 Å². The van der Waals surface area contributed by atoms with Crippen molar-refractivity contribution in [2.75, 3.05) is 25.1 Å². The second kappa shape index (κ2) is 6.86. The molecule has 1 atom stereocenters. The normalized spacial score (nSPS) is 24.5. The summed E-state index contributed by atoms with van der Waals surface area (Å²) in [5.41, 5.74) is 4.82. The summed E-state index contributed by atoms with van der Waals surface area (Å²) < 4.78 is 55.8. The number of hydrogen-bond donors (Lipinski definition) is 2. The molecule has 1 fully saturated rings. The lowest BCUT2D eigenvalue weighted by molar-refractivity contribution is -0.247. The van der Waals surface area contributed by atoms with E-state index in [2.05, 4.69) is 15.4 Å². The van der Waals surface area contributed by atoms with Crippen LogP contribution in [0.4, 0.5) is 18.9 Å². The van der Waals surface area contributed by atoms with E-state index in [1.807, 2.05) is 13.8 Å². The lowest BCUT2D eigenvalue weighted by Gasteiger charge is -2.61. The molecule has 0 aliphatic carbocycles. The van der Waals surface area contributed by atoms with Gasteiger partial charge in [-0.2, -0.15) is 18.3 Å². The Labute approximate surface area is 186 Å². The average molecular weight is 465 g/mol. The van der Waals surface area contributed by atoms with Gasteiger partial charge in [-0.3, -0.25) is 9.48 Å². The summed E-state index contributed by atoms with van der Waals surface area (Å²) in [5, 5.41) is 6.39. The van der Waals surface area contributed by atoms with E-state index in [0.29, 0.717) is 34.9 Å². The van der Waals surface area contributed by atoms with Crippen LogP contribution >= 0.6 is 0 Å². The van der Waals surface area contributed by atoms with Crippen LogP contribution < -0.4 is 15.8 Å². The van der Waals surface area contributed by atoms with Crippen molar-refractivity contribution in [3.63, 3.8) is 0 Å². The predicted octanol–water partition coefficient (Wildman–Crippen LogP) is 2.43. The van der Waals surface area contributed by atoms with Crippen molar-refractivity contribution < 1.29 is 32.2 Å². The van der Waals surface area contributed by atoms with E-state index in [9.17, 15) is 18.0 Å². The van der Waals surface area contributed by atoms with Crippen molar-refractivity contribution in [2.45, 2.75) is 37.7 Å². The molecule has 1 saturated heterocycles. The topological polar surface area (TPSA) is 113 Å². The summed E-state index contributed by atoms with van der Waals surface area (Å²) >= 11 is 0. The number of nitrogens with zero attached hydrogens (tertiary/aromatic N) is 3. The number of hydrogen-bond acceptors (Lipinski definition) is 7. The number of nitrogens with one attached hydrogen (secondary N) is 1. The molecule has 1 aromatic carbocycles. The number of halogens is 3. The molecule has 1 aromatic heterocycles. The summed E-state index contributed by atoms with van der Waals surface area (Å²) in [6.07, 6.45) is -3.33. The van der Waals surface area contributed by atoms with Crippen molar-refractivity contribution >= 4 is 17.6 Å². The Balaban J connectivity index is 1.47. The maximum Gasteiger partial charge on any atom is 0.408 e. The smallest absolute Gasteiger partial charge is 0.408 e. The van der Waals surface area contributed by atoms with E-state index in [1.165, 1.54) is 6.07 Å². The van der Waals surface area contributed by atoms with E-state index in [-0.39, 0.29) is 18.3 Å². The maximum atomic E-state index is 12.6. The van der Waals surface area contributed by atoms with Gasteiger partial charge in [-0.05, 0) is 38.1 Å². The highest BCUT2D eigenvalue weighted by molar-refractivity contribution is 6.02. The molecule has 1 amide bonds. The largest absolute Gasteiger partial charge is 0.487 e. The molecule has 0 bridgehead atoms. The Morgan fingerprint density at radius 1 is 1.24 bits per heavy atom. The second-order valence-electron chi connectivity index (χ2n) is 8.97. The van der Waals surface area contributed by atoms with Crippen molar-refractivity contribution in [1.82, 2.24) is 9.78 Å². The van der Waals surface area contributed by atoms with Gasteiger partial charge in [0.25, 0.3) is 11.9 Å². The number of rotatable bonds is 3. The second-order valence-corrected chi connectivity index (χ2v) is 8.97. The fourth-order valence-electron chi connectivity index (χ4n) is 4.80. The molecule has 5 rings (SSSR count). The SMILES string of the molecule is CC1(C)Oc2ccc(NC(=O)c3ccn(CC(F)(F)F)n3)cc2C2(COC(N)=N2)C12COC2. The van der Waals surface area contributed by atoms with E-state index in [0.717, 1.165) is 6.20 Å². The van der Waals surface area contributed by atoms with E-state index >= 15 is 0 Å². The number of alkyl halides is 3. The molecule has 4 heterocycles. The minimum absolute atomic E-state index is 0.0644. The molecule has 1 unspecified atom stereocenters. The van der Waals surface area contributed by atoms with Crippen molar-refractivity contribution in [1.29, 1.82) is 0 Å². The molecular weight excluding hydrogens is 443 g/mol. The molecule has 33 heavy (non-hydrogen) atoms. The van der Waals surface area contributed by atoms with E-state index < -0.39 is 35.2 Å². The molecule has 12 heteroatoms. The Hall–Kier alpha value is -3.28. The molecule has 176 valence electrons. The van der Waals surface area contributed by atoms with Crippen molar-refractivity contribution in [3.8, 4) is 5.75 Å². The summed E-state index contributed by atoms with van der Waals surface area (Å²) in [6.45, 7) is 3.65. The summed E-state index contributed by atoms with van der Waals surface area (Å²) in [5.74, 6) is -0.0682. The fraction of sp³-hybridized carbons (Fsp3) is 0.476. The third-order valence-electron chi connectivity index (χ3n) is 6.63. The van der Waals surface area contributed by atoms with Crippen LogP contribution in [0.2, 0.25) is 0 Å². The highest BCUT2D eigenvalue weighted by atomic mass is 19.4. The monoisotopic (exact) mass is 465 g/mol. The number of anilines is 1. The number of amidine groups is 1. The van der Waals surface area contributed by atoms with E-state index in [1.54, 1.807) is 18.2 Å². The molecule has 0 radical (unpaired) electrons. The zero-order valence-corrected chi connectivity index (χ0v) is 17.9. The van der Waals surface area contributed by atoms with Crippen LogP contribution in [-0.2, 0) is 21.6 Å². The van der Waals surface area contributed by atoms with Crippen LogP contribution in [0.5, 0.6) is 5.75 Å². The molecule has 3 N–H and O–H groups in total. The summed E-state index contributed by atoms with van der Waals surface area (Å²) in [6, 6.07) is 6.37. The number of aromatic nitrogens is 2. The van der Waals surface area contributed by atoms with Crippen LogP contribution in [-0.4, -0.2) is 53.3 Å². The lowest BCUT2D eigenvalue weighted by atomic mass is 9.55. The molecule has 2 aromatic rings. The van der Waals surface area contributed by atoms with Crippen molar-refractivity contribution in [3.05, 3.63) is 41.7 Å². The number of nitrogens with two attached hydrogens (primary N) is 1. The van der Waals surface area contributed by atoms with E-state index in [4.69, 9.17) is 19.9 Å². The van der Waals surface area contributed by atoms with Gasteiger partial charge in [0.15, 0.2) is 5.69 Å². The van der Waals surface area contributed by atoms with Crippen LogP contribution in [0.1, 0.15) is 29.9 Å². The molecule has 0 saturated carbocycles. The summed E-state index contributed by atoms with van der Waals surface area (Å²) in [7, 11) is 0. The third-order valence-corrected chi connectivity index (χ3v) is 6.63. The molecule has 2 spiro atoms. The Kier molecular flexibility index (Phi) is 4.48. The Bertz CT molecular complexity index is 1160. The van der Waals surface area contributed by atoms with Crippen LogP contribution in [0, 0.1) is 5.41 Å². The van der Waals surface area contributed by atoms with Gasteiger partial charge in [0.2, 0.25) is 0 Å². The van der Waals surface area contributed by atoms with Crippen LogP contribution in [0.25, 0.3) is 0 Å². The minimum Gasteiger partial charge on any atom is -0.487 e. The lowest BCUT2D eigenvalue weighted by Crippen LogP contribution is -2.71. The van der Waals surface area contributed by atoms with Crippen LogP contribution in [0.3, 0.4) is 0 Å². The first-order valence-electron chi connectivity index (χ1n) is 10.3. The number of amides is 1. The minimum atomic E-state index is -4.44. The van der Waals surface area contributed by atoms with Gasteiger partial charge in [-0.25, -0.2) is 4.99 Å².